The van der Waals surface area contributed by atoms with Crippen molar-refractivity contribution < 1.29 is 22.4 Å². The van der Waals surface area contributed by atoms with Crippen molar-refractivity contribution in [1.29, 1.82) is 0 Å². The number of carbonyl (C=O) groups excluding carboxylic acids is 1. The predicted octanol–water partition coefficient (Wildman–Crippen LogP) is 2.15. The van der Waals surface area contributed by atoms with Gasteiger partial charge in [0.2, 0.25) is 0 Å². The summed E-state index contributed by atoms with van der Waals surface area (Å²) in [6, 6.07) is 4.86. The smallest absolute Gasteiger partial charge is 0.332 e. The highest BCUT2D eigenvalue weighted by atomic mass is 35.5. The lowest BCUT2D eigenvalue weighted by Crippen LogP contribution is -2.54. The van der Waals surface area contributed by atoms with Crippen molar-refractivity contribution in [3.8, 4) is 0 Å². The molecule has 0 bridgehead atoms. The normalized spacial score (nSPS) is 14.4. The Labute approximate surface area is 115 Å². The van der Waals surface area contributed by atoms with Gasteiger partial charge in [-0.1, -0.05) is 36.0 Å². The molecule has 0 spiro atoms. The zero-order valence-electron chi connectivity index (χ0n) is 10.1. The van der Waals surface area contributed by atoms with Gasteiger partial charge >= 0.3 is 6.18 Å². The van der Waals surface area contributed by atoms with Gasteiger partial charge in [-0.3, -0.25) is 9.18 Å². The lowest BCUT2D eigenvalue weighted by atomic mass is 10.1. The van der Waals surface area contributed by atoms with Crippen molar-refractivity contribution in [3.05, 3.63) is 29.8 Å². The van der Waals surface area contributed by atoms with Crippen LogP contribution in [0.25, 0.3) is 0 Å². The molecule has 0 saturated heterocycles. The molecule has 1 aromatic rings. The van der Waals surface area contributed by atoms with E-state index in [1.54, 1.807) is 6.55 Å². The Balaban J connectivity index is 0.00000324. The molecule has 1 aromatic carbocycles. The summed E-state index contributed by atoms with van der Waals surface area (Å²) in [5, 5.41) is 0.603. The van der Waals surface area contributed by atoms with E-state index in [4.69, 9.17) is 5.73 Å². The number of carbonyl (C=O) groups is 1. The van der Waals surface area contributed by atoms with Crippen LogP contribution in [0.5, 0.6) is 0 Å². The van der Waals surface area contributed by atoms with E-state index in [2.05, 4.69) is 0 Å². The highest BCUT2D eigenvalue weighted by molar-refractivity contribution is 6.91. The van der Waals surface area contributed by atoms with Crippen LogP contribution in [0.1, 0.15) is 10.4 Å². The minimum Gasteiger partial charge on any atom is -0.332 e. The fourth-order valence-electron chi connectivity index (χ4n) is 1.44. The third kappa shape index (κ3) is 4.02. The molecule has 0 aliphatic carbocycles. The van der Waals surface area contributed by atoms with Crippen molar-refractivity contribution >= 4 is 31.5 Å². The van der Waals surface area contributed by atoms with E-state index in [1.165, 1.54) is 12.1 Å². The number of halogens is 5. The lowest BCUT2D eigenvalue weighted by molar-refractivity contribution is -0.0885. The molecule has 1 rings (SSSR count). The molecule has 1 unspecified atom stereocenters. The van der Waals surface area contributed by atoms with E-state index in [9.17, 15) is 22.4 Å². The van der Waals surface area contributed by atoms with Gasteiger partial charge in [0.15, 0.2) is 0 Å². The predicted molar refractivity (Wildman–Crippen MR) is 70.4 cm³/mol. The maximum Gasteiger partial charge on any atom is 0.454 e. The van der Waals surface area contributed by atoms with Crippen molar-refractivity contribution in [2.45, 2.75) is 12.7 Å². The molecule has 0 amide bonds. The quantitative estimate of drug-likeness (QED) is 0.525. The Morgan fingerprint density at radius 2 is 1.74 bits per heavy atom. The molecule has 1 atom stereocenters. The summed E-state index contributed by atoms with van der Waals surface area (Å²) in [6.45, 7) is 1.70. The van der Waals surface area contributed by atoms with E-state index in [-0.39, 0.29) is 18.6 Å². The zero-order chi connectivity index (χ0) is 14.0. The monoisotopic (exact) mass is 315 g/mol. The zero-order valence-corrected chi connectivity index (χ0v) is 11.9. The molecule has 19 heavy (non-hydrogen) atoms. The summed E-state index contributed by atoms with van der Waals surface area (Å²) in [4.78, 5) is 11.0. The highest BCUT2D eigenvalue weighted by Crippen LogP contribution is 2.21. The number of ketones is 1. The molecular formula is C11H14ClF4NOSi. The third-order valence-electron chi connectivity index (χ3n) is 2.85. The van der Waals surface area contributed by atoms with E-state index < -0.39 is 31.9 Å². The van der Waals surface area contributed by atoms with Crippen LogP contribution in [0, 0.1) is 0 Å². The van der Waals surface area contributed by atoms with Crippen LogP contribution in [-0.2, 0) is 0 Å². The van der Waals surface area contributed by atoms with Crippen molar-refractivity contribution in [1.82, 2.24) is 0 Å². The van der Waals surface area contributed by atoms with Crippen LogP contribution in [-0.4, -0.2) is 32.5 Å². The molecule has 0 heterocycles. The Hall–Kier alpha value is -0.923. The molecule has 108 valence electrons. The number of hydrogen-bond acceptors (Lipinski definition) is 2. The van der Waals surface area contributed by atoms with Crippen LogP contribution in [0.15, 0.2) is 24.3 Å². The number of alkyl halides is 4. The summed E-state index contributed by atoms with van der Waals surface area (Å²) in [5.74, 6) is -1.90. The van der Waals surface area contributed by atoms with Gasteiger partial charge in [0, 0.05) is 5.56 Å². The largest absolute Gasteiger partial charge is 0.454 e. The minimum absolute atomic E-state index is 0. The molecule has 2 nitrogen and oxygen atoms in total. The molecule has 0 radical (unpaired) electrons. The molecule has 2 N–H and O–H groups in total. The average Bonchev–Trinajstić information content (AvgIpc) is 2.36. The number of Topliss-reactive ketones (excluding diaryl/α,β-unsaturated/α-hetero) is 1. The lowest BCUT2D eigenvalue weighted by Gasteiger charge is -2.22. The standard InChI is InChI=1S/C11H13F4NOSi.ClH/c1-18(6-12,7-16)9-4-2-8(3-5-9)10(17)11(13,14)15;/h2-5H,6-7,16H2,1H3;1H. The molecule has 0 saturated carbocycles. The maximum atomic E-state index is 12.9. The summed E-state index contributed by atoms with van der Waals surface area (Å²) >= 11 is 0. The first-order valence-corrected chi connectivity index (χ1v) is 8.14. The summed E-state index contributed by atoms with van der Waals surface area (Å²) in [5.41, 5.74) is 5.05. The summed E-state index contributed by atoms with van der Waals surface area (Å²) in [7, 11) is -2.46. The first kappa shape index (κ1) is 18.1. The van der Waals surface area contributed by atoms with Crippen LogP contribution in [0.3, 0.4) is 0 Å². The Bertz CT molecular complexity index is 431. The maximum absolute atomic E-state index is 12.9. The highest BCUT2D eigenvalue weighted by Gasteiger charge is 2.39. The Morgan fingerprint density at radius 3 is 2.05 bits per heavy atom. The Morgan fingerprint density at radius 1 is 1.26 bits per heavy atom. The number of benzene rings is 1. The minimum atomic E-state index is -4.89. The molecule has 0 aliphatic rings. The first-order chi connectivity index (χ1) is 8.24. The summed E-state index contributed by atoms with van der Waals surface area (Å²) in [6.07, 6.45) is -5.32. The average molecular weight is 316 g/mol. The van der Waals surface area contributed by atoms with E-state index >= 15 is 0 Å². The van der Waals surface area contributed by atoms with E-state index in [0.29, 0.717) is 5.19 Å². The van der Waals surface area contributed by atoms with Crippen LogP contribution in [0.4, 0.5) is 17.6 Å². The van der Waals surface area contributed by atoms with Gasteiger partial charge in [0.1, 0.15) is 8.07 Å². The fraction of sp³-hybridized carbons (Fsp3) is 0.364. The second-order valence-corrected chi connectivity index (χ2v) is 8.68. The SMILES string of the molecule is C[Si](CN)(CF)c1ccc(C(=O)C(F)(F)F)cc1.Cl. The van der Waals surface area contributed by atoms with E-state index in [1.807, 2.05) is 0 Å². The molecule has 8 heteroatoms. The molecule has 0 fully saturated rings. The van der Waals surface area contributed by atoms with Crippen molar-refractivity contribution in [3.63, 3.8) is 0 Å². The number of hydrogen-bond donors (Lipinski definition) is 1. The van der Waals surface area contributed by atoms with Gasteiger partial charge in [-0.25, -0.2) is 0 Å². The second-order valence-electron chi connectivity index (χ2n) is 4.30. The van der Waals surface area contributed by atoms with E-state index in [0.717, 1.165) is 12.1 Å². The van der Waals surface area contributed by atoms with Crippen LogP contribution in [0.2, 0.25) is 6.55 Å². The van der Waals surface area contributed by atoms with Crippen LogP contribution < -0.4 is 10.9 Å². The first-order valence-electron chi connectivity index (χ1n) is 5.23. The second kappa shape index (κ2) is 6.49. The summed E-state index contributed by atoms with van der Waals surface area (Å²) < 4.78 is 49.5. The molecule has 0 aliphatic heterocycles. The third-order valence-corrected chi connectivity index (χ3v) is 6.07. The van der Waals surface area contributed by atoms with Gasteiger partial charge in [-0.15, -0.1) is 12.4 Å². The topological polar surface area (TPSA) is 43.1 Å². The van der Waals surface area contributed by atoms with Gasteiger partial charge in [0.05, 0.1) is 6.30 Å². The number of rotatable bonds is 4. The van der Waals surface area contributed by atoms with Gasteiger partial charge in [-0.05, 0) is 6.17 Å². The van der Waals surface area contributed by atoms with Crippen molar-refractivity contribution in [2.75, 3.05) is 12.5 Å². The molecular weight excluding hydrogens is 302 g/mol. The Kier molecular flexibility index (Phi) is 6.18. The molecule has 0 aromatic heterocycles. The number of nitrogens with two attached hydrogens (primary N) is 1. The van der Waals surface area contributed by atoms with Crippen LogP contribution >= 0.6 is 12.4 Å². The fourth-order valence-corrected chi connectivity index (χ4v) is 2.91. The van der Waals surface area contributed by atoms with Gasteiger partial charge in [0.25, 0.3) is 5.78 Å². The van der Waals surface area contributed by atoms with Gasteiger partial charge in [-0.2, -0.15) is 13.2 Å². The van der Waals surface area contributed by atoms with Crippen molar-refractivity contribution in [2.24, 2.45) is 5.73 Å². The van der Waals surface area contributed by atoms with Gasteiger partial charge < -0.3 is 5.73 Å².